The summed E-state index contributed by atoms with van der Waals surface area (Å²) in [7, 11) is 0. The lowest BCUT2D eigenvalue weighted by Gasteiger charge is -2.52. The summed E-state index contributed by atoms with van der Waals surface area (Å²) in [4.78, 5) is 13.7. The molecule has 0 unspecified atom stereocenters. The molecule has 6 heteroatoms. The lowest BCUT2D eigenvalue weighted by molar-refractivity contribution is 0.0395. The molecule has 162 valence electrons. The van der Waals surface area contributed by atoms with E-state index in [1.807, 2.05) is 43.3 Å². The molecule has 0 saturated heterocycles. The first kappa shape index (κ1) is 19.4. The molecule has 2 bridgehead atoms. The molecule has 0 atom stereocenters. The Kier molecular flexibility index (Phi) is 4.29. The van der Waals surface area contributed by atoms with Crippen molar-refractivity contribution >= 4 is 0 Å². The Morgan fingerprint density at radius 3 is 2.53 bits per heavy atom. The fourth-order valence-electron chi connectivity index (χ4n) is 5.80. The predicted molar refractivity (Wildman–Crippen MR) is 120 cm³/mol. The Morgan fingerprint density at radius 2 is 1.78 bits per heavy atom. The zero-order chi connectivity index (χ0) is 21.8. The van der Waals surface area contributed by atoms with Crippen molar-refractivity contribution in [3.8, 4) is 40.2 Å². The van der Waals surface area contributed by atoms with Crippen LogP contribution in [0.1, 0.15) is 56.5 Å². The highest BCUT2D eigenvalue weighted by molar-refractivity contribution is 5.78. The number of aromatic amines is 1. The van der Waals surface area contributed by atoms with Gasteiger partial charge in [-0.3, -0.25) is 4.98 Å². The number of aromatic nitrogens is 3. The molecular weight excluding hydrogens is 400 g/mol. The number of benzene rings is 1. The molecule has 3 heterocycles. The van der Waals surface area contributed by atoms with Gasteiger partial charge in [0.15, 0.2) is 11.5 Å². The van der Waals surface area contributed by atoms with Crippen molar-refractivity contribution in [1.82, 2.24) is 15.0 Å². The van der Waals surface area contributed by atoms with Gasteiger partial charge >= 0.3 is 0 Å². The summed E-state index contributed by atoms with van der Waals surface area (Å²) in [5.41, 5.74) is 5.02. The standard InChI is InChI=1S/C26H26N4O2/c1-17-3-2-4-19(28-17)23-22(18-5-6-20-21(15-18)32-16-31-20)29-24(30-23)26-10-7-25(8-11-26,9-12-26)13-14-27/h2-6,15H,7-13,16H2,1H3,(H,29,30). The highest BCUT2D eigenvalue weighted by Crippen LogP contribution is 2.59. The number of hydrogen-bond acceptors (Lipinski definition) is 5. The number of nitrogens with zero attached hydrogens (tertiary/aromatic N) is 3. The fraction of sp³-hybridized carbons (Fsp3) is 0.423. The summed E-state index contributed by atoms with van der Waals surface area (Å²) in [5, 5.41) is 9.30. The summed E-state index contributed by atoms with van der Waals surface area (Å²) in [6.07, 6.45) is 7.27. The molecule has 1 aromatic carbocycles. The molecular formula is C26H26N4O2. The minimum absolute atomic E-state index is 0.0599. The van der Waals surface area contributed by atoms with Crippen LogP contribution in [0.15, 0.2) is 36.4 Å². The molecule has 0 spiro atoms. The van der Waals surface area contributed by atoms with E-state index >= 15 is 0 Å². The van der Waals surface area contributed by atoms with Gasteiger partial charge in [-0.1, -0.05) is 6.07 Å². The second-order valence-corrected chi connectivity index (χ2v) is 9.66. The highest BCUT2D eigenvalue weighted by Gasteiger charge is 2.50. The van der Waals surface area contributed by atoms with Crippen LogP contribution in [0.3, 0.4) is 0 Å². The lowest BCUT2D eigenvalue weighted by Crippen LogP contribution is -2.44. The number of ether oxygens (including phenoxy) is 2. The second-order valence-electron chi connectivity index (χ2n) is 9.66. The van der Waals surface area contributed by atoms with Crippen molar-refractivity contribution in [2.24, 2.45) is 5.41 Å². The molecule has 3 fully saturated rings. The smallest absolute Gasteiger partial charge is 0.231 e. The third-order valence-corrected chi connectivity index (χ3v) is 7.85. The molecule has 32 heavy (non-hydrogen) atoms. The number of pyridine rings is 1. The number of nitrogens with one attached hydrogen (secondary N) is 1. The molecule has 1 N–H and O–H groups in total. The Morgan fingerprint density at radius 1 is 1.00 bits per heavy atom. The van der Waals surface area contributed by atoms with Gasteiger partial charge in [0.05, 0.1) is 23.2 Å². The largest absolute Gasteiger partial charge is 0.454 e. The maximum absolute atomic E-state index is 9.30. The number of H-pyrrole nitrogens is 1. The van der Waals surface area contributed by atoms with Crippen molar-refractivity contribution in [3.05, 3.63) is 47.9 Å². The van der Waals surface area contributed by atoms with E-state index in [0.29, 0.717) is 6.42 Å². The molecule has 0 amide bonds. The SMILES string of the molecule is Cc1cccc(-c2[nH]c(C34CCC(CC#N)(CC3)CC4)nc2-c2ccc3c(c2)OCO3)n1. The number of fused-ring (bicyclic) bond motifs is 4. The van der Waals surface area contributed by atoms with Gasteiger partial charge in [-0.2, -0.15) is 5.26 Å². The van der Waals surface area contributed by atoms with E-state index in [4.69, 9.17) is 19.4 Å². The lowest BCUT2D eigenvalue weighted by atomic mass is 9.52. The summed E-state index contributed by atoms with van der Waals surface area (Å²) < 4.78 is 11.1. The van der Waals surface area contributed by atoms with Crippen LogP contribution in [-0.2, 0) is 5.41 Å². The zero-order valence-corrected chi connectivity index (χ0v) is 18.3. The van der Waals surface area contributed by atoms with Crippen LogP contribution >= 0.6 is 0 Å². The summed E-state index contributed by atoms with van der Waals surface area (Å²) >= 11 is 0. The first-order valence-electron chi connectivity index (χ1n) is 11.4. The second kappa shape index (κ2) is 7.09. The van der Waals surface area contributed by atoms with Crippen LogP contribution in [0.2, 0.25) is 0 Å². The average Bonchev–Trinajstić information content (AvgIpc) is 3.48. The van der Waals surface area contributed by atoms with Crippen LogP contribution in [0, 0.1) is 23.7 Å². The molecule has 3 saturated carbocycles. The Balaban J connectivity index is 1.45. The average molecular weight is 427 g/mol. The van der Waals surface area contributed by atoms with Gasteiger partial charge in [0.2, 0.25) is 6.79 Å². The van der Waals surface area contributed by atoms with E-state index in [2.05, 4.69) is 11.1 Å². The van der Waals surface area contributed by atoms with Gasteiger partial charge in [-0.25, -0.2) is 4.98 Å². The zero-order valence-electron chi connectivity index (χ0n) is 18.3. The maximum atomic E-state index is 9.30. The van der Waals surface area contributed by atoms with Crippen LogP contribution < -0.4 is 9.47 Å². The van der Waals surface area contributed by atoms with E-state index in [0.717, 1.165) is 84.2 Å². The van der Waals surface area contributed by atoms with Crippen LogP contribution in [0.25, 0.3) is 22.6 Å². The van der Waals surface area contributed by atoms with Gasteiger partial charge in [-0.15, -0.1) is 0 Å². The quantitative estimate of drug-likeness (QED) is 0.580. The Bertz CT molecular complexity index is 1210. The van der Waals surface area contributed by atoms with Gasteiger partial charge in [0, 0.05) is 23.1 Å². The first-order chi connectivity index (χ1) is 15.6. The molecule has 6 nitrogen and oxygen atoms in total. The van der Waals surface area contributed by atoms with Crippen molar-refractivity contribution in [3.63, 3.8) is 0 Å². The highest BCUT2D eigenvalue weighted by atomic mass is 16.7. The van der Waals surface area contributed by atoms with Gasteiger partial charge in [-0.05, 0) is 81.2 Å². The molecule has 4 aliphatic rings. The summed E-state index contributed by atoms with van der Waals surface area (Å²) in [6, 6.07) is 14.5. The monoisotopic (exact) mass is 426 g/mol. The topological polar surface area (TPSA) is 83.8 Å². The van der Waals surface area contributed by atoms with Crippen LogP contribution in [-0.4, -0.2) is 21.7 Å². The van der Waals surface area contributed by atoms with E-state index in [1.54, 1.807) is 0 Å². The number of aryl methyl sites for hydroxylation is 1. The third kappa shape index (κ3) is 2.99. The van der Waals surface area contributed by atoms with Crippen molar-refractivity contribution in [2.45, 2.75) is 57.3 Å². The number of hydrogen-bond donors (Lipinski definition) is 1. The molecule has 3 aliphatic carbocycles. The van der Waals surface area contributed by atoms with Gasteiger partial charge in [0.25, 0.3) is 0 Å². The van der Waals surface area contributed by atoms with Crippen LogP contribution in [0.4, 0.5) is 0 Å². The van der Waals surface area contributed by atoms with Crippen molar-refractivity contribution in [1.29, 1.82) is 5.26 Å². The van der Waals surface area contributed by atoms with Crippen LogP contribution in [0.5, 0.6) is 11.5 Å². The van der Waals surface area contributed by atoms with E-state index < -0.39 is 0 Å². The normalized spacial score (nSPS) is 25.6. The predicted octanol–water partition coefficient (Wildman–Crippen LogP) is 5.68. The molecule has 7 rings (SSSR count). The Labute approximate surface area is 187 Å². The van der Waals surface area contributed by atoms with Gasteiger partial charge in [0.1, 0.15) is 5.82 Å². The van der Waals surface area contributed by atoms with Gasteiger partial charge < -0.3 is 14.5 Å². The molecule has 0 radical (unpaired) electrons. The number of nitriles is 1. The number of imidazole rings is 1. The van der Waals surface area contributed by atoms with Crippen molar-refractivity contribution < 1.29 is 9.47 Å². The molecule has 1 aliphatic heterocycles. The minimum Gasteiger partial charge on any atom is -0.454 e. The first-order valence-corrected chi connectivity index (χ1v) is 11.4. The van der Waals surface area contributed by atoms with E-state index in [-0.39, 0.29) is 17.6 Å². The third-order valence-electron chi connectivity index (χ3n) is 7.85. The fourth-order valence-corrected chi connectivity index (χ4v) is 5.80. The Hall–Kier alpha value is -3.33. The van der Waals surface area contributed by atoms with E-state index in [9.17, 15) is 5.26 Å². The number of rotatable bonds is 4. The van der Waals surface area contributed by atoms with E-state index in [1.165, 1.54) is 0 Å². The van der Waals surface area contributed by atoms with Crippen molar-refractivity contribution in [2.75, 3.05) is 6.79 Å². The maximum Gasteiger partial charge on any atom is 0.231 e. The summed E-state index contributed by atoms with van der Waals surface area (Å²) in [5.74, 6) is 2.59. The summed E-state index contributed by atoms with van der Waals surface area (Å²) in [6.45, 7) is 2.27. The minimum atomic E-state index is 0.0599. The molecule has 3 aromatic rings. The molecule has 2 aromatic heterocycles.